The second-order valence-corrected chi connectivity index (χ2v) is 9.20. The molecule has 2 N–H and O–H groups in total. The number of benzene rings is 2. The topological polar surface area (TPSA) is 124 Å². The van der Waals surface area contributed by atoms with E-state index in [-0.39, 0.29) is 18.3 Å². The number of hydrogen-bond acceptors (Lipinski definition) is 9. The van der Waals surface area contributed by atoms with Gasteiger partial charge >= 0.3 is 0 Å². The highest BCUT2D eigenvalue weighted by molar-refractivity contribution is 5.81. The standard InChI is InChI=1S/C28H25FN6O4/c29-21-15-19(24-16-26(39-33-24)28(30)23-7-13-38-32-23)3-6-25(21)34-9-11-35(12-10-34)27(36)17-37-20-4-5-22-18(14-20)2-1-8-31-22/h1-8,13-16,28H,9-12,17,30H2. The maximum Gasteiger partial charge on any atom is 0.260 e. The third-order valence-electron chi connectivity index (χ3n) is 6.76. The first-order valence-corrected chi connectivity index (χ1v) is 12.5. The van der Waals surface area contributed by atoms with E-state index >= 15 is 4.39 Å². The quantitative estimate of drug-likeness (QED) is 0.336. The molecule has 10 nitrogen and oxygen atoms in total. The molecule has 39 heavy (non-hydrogen) atoms. The summed E-state index contributed by atoms with van der Waals surface area (Å²) >= 11 is 0. The van der Waals surface area contributed by atoms with Crippen LogP contribution in [-0.4, -0.2) is 58.9 Å². The molecule has 2 aromatic carbocycles. The van der Waals surface area contributed by atoms with Crippen molar-refractivity contribution >= 4 is 22.5 Å². The van der Waals surface area contributed by atoms with Gasteiger partial charge in [0.05, 0.1) is 11.2 Å². The molecule has 4 heterocycles. The monoisotopic (exact) mass is 528 g/mol. The van der Waals surface area contributed by atoms with Crippen LogP contribution in [0.15, 0.2) is 82.2 Å². The van der Waals surface area contributed by atoms with E-state index in [0.29, 0.717) is 60.3 Å². The summed E-state index contributed by atoms with van der Waals surface area (Å²) in [4.78, 5) is 20.7. The van der Waals surface area contributed by atoms with Gasteiger partial charge < -0.3 is 29.3 Å². The molecule has 5 aromatic rings. The van der Waals surface area contributed by atoms with Crippen molar-refractivity contribution in [3.63, 3.8) is 0 Å². The summed E-state index contributed by atoms with van der Waals surface area (Å²) in [6.45, 7) is 1.89. The van der Waals surface area contributed by atoms with Crippen LogP contribution in [0.4, 0.5) is 10.1 Å². The van der Waals surface area contributed by atoms with Gasteiger partial charge in [0.1, 0.15) is 35.3 Å². The number of anilines is 1. The first-order valence-electron chi connectivity index (χ1n) is 12.5. The van der Waals surface area contributed by atoms with E-state index in [1.54, 1.807) is 41.4 Å². The Morgan fingerprint density at radius 1 is 1.05 bits per heavy atom. The Kier molecular flexibility index (Phi) is 6.64. The Labute approximate surface area is 222 Å². The van der Waals surface area contributed by atoms with Crippen molar-refractivity contribution in [2.24, 2.45) is 5.73 Å². The van der Waals surface area contributed by atoms with Gasteiger partial charge in [0.25, 0.3) is 5.91 Å². The summed E-state index contributed by atoms with van der Waals surface area (Å²) in [6, 6.07) is 16.9. The van der Waals surface area contributed by atoms with Crippen molar-refractivity contribution in [3.8, 4) is 17.0 Å². The third kappa shape index (κ3) is 5.16. The molecule has 1 saturated heterocycles. The van der Waals surface area contributed by atoms with Crippen LogP contribution in [0.2, 0.25) is 0 Å². The van der Waals surface area contributed by atoms with Crippen LogP contribution in [0.1, 0.15) is 17.5 Å². The molecule has 1 atom stereocenters. The summed E-state index contributed by atoms with van der Waals surface area (Å²) < 4.78 is 31.0. The first kappa shape index (κ1) is 24.6. The second-order valence-electron chi connectivity index (χ2n) is 9.20. The van der Waals surface area contributed by atoms with Crippen molar-refractivity contribution in [3.05, 3.63) is 90.4 Å². The minimum absolute atomic E-state index is 0.0607. The molecule has 198 valence electrons. The third-order valence-corrected chi connectivity index (χ3v) is 6.76. The van der Waals surface area contributed by atoms with Crippen LogP contribution >= 0.6 is 0 Å². The number of pyridine rings is 1. The Hall–Kier alpha value is -4.77. The smallest absolute Gasteiger partial charge is 0.260 e. The van der Waals surface area contributed by atoms with Gasteiger partial charge in [-0.3, -0.25) is 9.78 Å². The Morgan fingerprint density at radius 3 is 2.72 bits per heavy atom. The molecule has 1 aliphatic heterocycles. The number of fused-ring (bicyclic) bond motifs is 1. The second kappa shape index (κ2) is 10.5. The van der Waals surface area contributed by atoms with Crippen LogP contribution in [0, 0.1) is 5.82 Å². The molecule has 0 radical (unpaired) electrons. The normalized spacial score (nSPS) is 14.5. The molecular formula is C28H25FN6O4. The lowest BCUT2D eigenvalue weighted by Crippen LogP contribution is -2.50. The Morgan fingerprint density at radius 2 is 1.92 bits per heavy atom. The summed E-state index contributed by atoms with van der Waals surface area (Å²) in [6.07, 6.45) is 3.16. The highest BCUT2D eigenvalue weighted by atomic mass is 19.1. The van der Waals surface area contributed by atoms with E-state index in [9.17, 15) is 4.79 Å². The van der Waals surface area contributed by atoms with E-state index in [1.807, 2.05) is 29.2 Å². The fraction of sp³-hybridized carbons (Fsp3) is 0.214. The predicted octanol–water partition coefficient (Wildman–Crippen LogP) is 3.79. The van der Waals surface area contributed by atoms with E-state index in [0.717, 1.165) is 10.9 Å². The zero-order valence-electron chi connectivity index (χ0n) is 20.9. The van der Waals surface area contributed by atoms with Gasteiger partial charge in [0, 0.05) is 55.5 Å². The number of halogens is 1. The molecule has 0 spiro atoms. The van der Waals surface area contributed by atoms with Crippen LogP contribution in [0.3, 0.4) is 0 Å². The molecule has 0 saturated carbocycles. The Bertz CT molecular complexity index is 1600. The molecule has 0 aliphatic carbocycles. The van der Waals surface area contributed by atoms with Crippen molar-refractivity contribution in [2.45, 2.75) is 6.04 Å². The van der Waals surface area contributed by atoms with E-state index in [2.05, 4.69) is 15.3 Å². The average molecular weight is 529 g/mol. The van der Waals surface area contributed by atoms with Gasteiger partial charge in [0.2, 0.25) is 0 Å². The summed E-state index contributed by atoms with van der Waals surface area (Å²) in [5.74, 6) is 0.518. The molecule has 1 unspecified atom stereocenters. The number of amides is 1. The van der Waals surface area contributed by atoms with Crippen LogP contribution in [0.5, 0.6) is 5.75 Å². The van der Waals surface area contributed by atoms with Crippen molar-refractivity contribution in [1.29, 1.82) is 0 Å². The number of ether oxygens (including phenoxy) is 1. The number of nitrogens with two attached hydrogens (primary N) is 1. The predicted molar refractivity (Wildman–Crippen MR) is 140 cm³/mol. The van der Waals surface area contributed by atoms with Crippen LogP contribution < -0.4 is 15.4 Å². The molecule has 6 rings (SSSR count). The number of rotatable bonds is 7. The van der Waals surface area contributed by atoms with E-state index in [4.69, 9.17) is 19.5 Å². The van der Waals surface area contributed by atoms with E-state index in [1.165, 1.54) is 12.3 Å². The molecule has 1 amide bonds. The summed E-state index contributed by atoms with van der Waals surface area (Å²) in [5, 5.41) is 8.79. The number of carbonyl (C=O) groups excluding carboxylic acids is 1. The number of piperazine rings is 1. The summed E-state index contributed by atoms with van der Waals surface area (Å²) in [5.41, 5.74) is 9.00. The fourth-order valence-corrected chi connectivity index (χ4v) is 4.60. The molecule has 3 aromatic heterocycles. The van der Waals surface area contributed by atoms with Gasteiger partial charge in [-0.25, -0.2) is 4.39 Å². The van der Waals surface area contributed by atoms with E-state index < -0.39 is 6.04 Å². The summed E-state index contributed by atoms with van der Waals surface area (Å²) in [7, 11) is 0. The lowest BCUT2D eigenvalue weighted by Gasteiger charge is -2.36. The largest absolute Gasteiger partial charge is 0.484 e. The lowest BCUT2D eigenvalue weighted by atomic mass is 10.1. The number of carbonyl (C=O) groups is 1. The Balaban J connectivity index is 1.04. The van der Waals surface area contributed by atoms with Crippen molar-refractivity contribution in [2.75, 3.05) is 37.7 Å². The number of hydrogen-bond donors (Lipinski definition) is 1. The SMILES string of the molecule is NC(c1ccon1)c1cc(-c2ccc(N3CCN(C(=O)COc4ccc5ncccc5c4)CC3)c(F)c2)no1. The van der Waals surface area contributed by atoms with Gasteiger partial charge in [-0.2, -0.15) is 0 Å². The molecule has 11 heteroatoms. The molecule has 1 aliphatic rings. The highest BCUT2D eigenvalue weighted by Gasteiger charge is 2.24. The average Bonchev–Trinajstić information content (AvgIpc) is 3.69. The minimum atomic E-state index is -0.636. The first-order chi connectivity index (χ1) is 19.0. The molecule has 0 bridgehead atoms. The van der Waals surface area contributed by atoms with Crippen molar-refractivity contribution in [1.82, 2.24) is 20.2 Å². The van der Waals surface area contributed by atoms with Gasteiger partial charge in [-0.1, -0.05) is 22.4 Å². The van der Waals surface area contributed by atoms with Crippen LogP contribution in [-0.2, 0) is 4.79 Å². The molecule has 1 fully saturated rings. The maximum atomic E-state index is 15.1. The molecular weight excluding hydrogens is 503 g/mol. The van der Waals surface area contributed by atoms with Crippen LogP contribution in [0.25, 0.3) is 22.2 Å². The minimum Gasteiger partial charge on any atom is -0.484 e. The number of nitrogens with zero attached hydrogens (tertiary/aromatic N) is 5. The van der Waals surface area contributed by atoms with Gasteiger partial charge in [0.15, 0.2) is 12.4 Å². The lowest BCUT2D eigenvalue weighted by molar-refractivity contribution is -0.133. The van der Waals surface area contributed by atoms with Gasteiger partial charge in [-0.15, -0.1) is 0 Å². The maximum absolute atomic E-state index is 15.1. The fourth-order valence-electron chi connectivity index (χ4n) is 4.60. The van der Waals surface area contributed by atoms with Gasteiger partial charge in [-0.05, 0) is 36.4 Å². The highest BCUT2D eigenvalue weighted by Crippen LogP contribution is 2.29. The number of aromatic nitrogens is 3. The zero-order valence-corrected chi connectivity index (χ0v) is 20.9. The zero-order chi connectivity index (χ0) is 26.8. The van der Waals surface area contributed by atoms with Crippen molar-refractivity contribution < 1.29 is 23.0 Å².